The number of hydrogen-bond acceptors (Lipinski definition) is 7. The zero-order valence-electron chi connectivity index (χ0n) is 21.4. The quantitative estimate of drug-likeness (QED) is 0.244. The van der Waals surface area contributed by atoms with Gasteiger partial charge in [0.2, 0.25) is 5.91 Å². The van der Waals surface area contributed by atoms with E-state index in [2.05, 4.69) is 11.9 Å². The lowest BCUT2D eigenvalue weighted by Crippen LogP contribution is -2.57. The van der Waals surface area contributed by atoms with E-state index in [0.29, 0.717) is 12.0 Å². The molecule has 0 fully saturated rings. The minimum atomic E-state index is -1.56. The van der Waals surface area contributed by atoms with Gasteiger partial charge in [-0.1, -0.05) is 62.0 Å². The molecule has 0 aliphatic heterocycles. The first-order valence-electron chi connectivity index (χ1n) is 11.6. The van der Waals surface area contributed by atoms with Gasteiger partial charge in [-0.3, -0.25) is 14.4 Å². The summed E-state index contributed by atoms with van der Waals surface area (Å²) in [7, 11) is 0. The highest BCUT2D eigenvalue weighted by Crippen LogP contribution is 2.40. The van der Waals surface area contributed by atoms with Crippen molar-refractivity contribution in [2.45, 2.75) is 65.5 Å². The average molecular weight is 490 g/mol. The van der Waals surface area contributed by atoms with Gasteiger partial charge in [0, 0.05) is 12.8 Å². The van der Waals surface area contributed by atoms with Gasteiger partial charge < -0.3 is 25.4 Å². The van der Waals surface area contributed by atoms with Gasteiger partial charge >= 0.3 is 5.97 Å². The fourth-order valence-corrected chi connectivity index (χ4v) is 3.69. The van der Waals surface area contributed by atoms with Crippen LogP contribution in [0.3, 0.4) is 0 Å². The number of carbonyl (C=O) groups excluding carboxylic acids is 3. The molecule has 35 heavy (non-hydrogen) atoms. The molecule has 0 aromatic rings. The molecule has 0 spiro atoms. The van der Waals surface area contributed by atoms with Gasteiger partial charge in [0.25, 0.3) is 0 Å². The summed E-state index contributed by atoms with van der Waals surface area (Å²) >= 11 is 0. The van der Waals surface area contributed by atoms with Crippen LogP contribution >= 0.6 is 0 Å². The zero-order chi connectivity index (χ0) is 26.8. The highest BCUT2D eigenvalue weighted by molar-refractivity contribution is 6.01. The fourth-order valence-electron chi connectivity index (χ4n) is 3.69. The Kier molecular flexibility index (Phi) is 11.5. The van der Waals surface area contributed by atoms with Crippen molar-refractivity contribution in [3.8, 4) is 0 Å². The summed E-state index contributed by atoms with van der Waals surface area (Å²) in [4.78, 5) is 37.3. The molecule has 8 heteroatoms. The van der Waals surface area contributed by atoms with E-state index in [1.807, 2.05) is 58.1 Å². The molecule has 194 valence electrons. The van der Waals surface area contributed by atoms with Crippen LogP contribution in [0.2, 0.25) is 0 Å². The molecule has 8 nitrogen and oxygen atoms in total. The third kappa shape index (κ3) is 9.05. The van der Waals surface area contributed by atoms with Crippen molar-refractivity contribution in [2.24, 2.45) is 5.41 Å². The number of nitrogens with one attached hydrogen (secondary N) is 1. The van der Waals surface area contributed by atoms with E-state index in [0.717, 1.165) is 16.7 Å². The van der Waals surface area contributed by atoms with Crippen LogP contribution in [0.25, 0.3) is 0 Å². The summed E-state index contributed by atoms with van der Waals surface area (Å²) in [6.45, 7) is 11.4. The molecule has 0 bridgehead atoms. The Labute approximate surface area is 207 Å². The van der Waals surface area contributed by atoms with Crippen LogP contribution in [0, 0.1) is 5.41 Å². The SMILES string of the molecule is C=C(C)C=CC=C(C)C=CC1=C(C)C(=O)C(OC(=O)CCC(=O)NC(CO)(CO)CO)CC1(C)C. The van der Waals surface area contributed by atoms with E-state index in [1.165, 1.54) is 0 Å². The van der Waals surface area contributed by atoms with Crippen LogP contribution in [0.15, 0.2) is 59.3 Å². The molecule has 1 unspecified atom stereocenters. The number of Topliss-reactive ketones (excluding diaryl/α,β-unsaturated/α-hetero) is 1. The number of rotatable bonds is 12. The predicted molar refractivity (Wildman–Crippen MR) is 134 cm³/mol. The monoisotopic (exact) mass is 489 g/mol. The smallest absolute Gasteiger partial charge is 0.307 e. The van der Waals surface area contributed by atoms with E-state index in [1.54, 1.807) is 6.92 Å². The molecule has 0 aromatic heterocycles. The Balaban J connectivity index is 2.84. The Morgan fingerprint density at radius 2 is 1.74 bits per heavy atom. The maximum atomic E-state index is 12.9. The van der Waals surface area contributed by atoms with Gasteiger partial charge in [-0.25, -0.2) is 0 Å². The summed E-state index contributed by atoms with van der Waals surface area (Å²) < 4.78 is 5.41. The highest BCUT2D eigenvalue weighted by atomic mass is 16.5. The van der Waals surface area contributed by atoms with E-state index >= 15 is 0 Å². The van der Waals surface area contributed by atoms with Gasteiger partial charge in [0.1, 0.15) is 5.54 Å². The summed E-state index contributed by atoms with van der Waals surface area (Å²) in [5, 5.41) is 30.2. The molecule has 1 amide bonds. The number of ether oxygens (including phenoxy) is 1. The van der Waals surface area contributed by atoms with E-state index in [9.17, 15) is 29.7 Å². The summed E-state index contributed by atoms with van der Waals surface area (Å²) in [5.74, 6) is -1.61. The number of esters is 1. The lowest BCUT2D eigenvalue weighted by Gasteiger charge is -2.36. The minimum Gasteiger partial charge on any atom is -0.454 e. The van der Waals surface area contributed by atoms with E-state index in [-0.39, 0.29) is 18.6 Å². The van der Waals surface area contributed by atoms with Crippen molar-refractivity contribution in [1.82, 2.24) is 5.32 Å². The molecule has 1 aliphatic rings. The summed E-state index contributed by atoms with van der Waals surface area (Å²) in [5.41, 5.74) is 1.37. The number of amides is 1. The number of aliphatic hydroxyl groups excluding tert-OH is 3. The van der Waals surface area contributed by atoms with Crippen LogP contribution in [0.1, 0.15) is 53.9 Å². The van der Waals surface area contributed by atoms with Crippen molar-refractivity contribution in [3.63, 3.8) is 0 Å². The maximum absolute atomic E-state index is 12.9. The van der Waals surface area contributed by atoms with Crippen LogP contribution in [0.5, 0.6) is 0 Å². The third-order valence-corrected chi connectivity index (χ3v) is 5.89. The molecule has 0 radical (unpaired) electrons. The summed E-state index contributed by atoms with van der Waals surface area (Å²) in [6.07, 6.45) is 8.42. The molecule has 4 N–H and O–H groups in total. The van der Waals surface area contributed by atoms with Crippen molar-refractivity contribution >= 4 is 17.7 Å². The number of hydrogen-bond donors (Lipinski definition) is 4. The average Bonchev–Trinajstić information content (AvgIpc) is 2.79. The standard InChI is InChI=1S/C27H39NO7/c1-18(2)8-7-9-19(3)10-11-21-20(4)25(34)22(14-26(21,5)6)35-24(33)13-12-23(32)28-27(15-29,16-30)17-31/h7-11,22,29-31H,1,12-17H2,2-6H3,(H,28,32). The van der Waals surface area contributed by atoms with Crippen molar-refractivity contribution in [2.75, 3.05) is 19.8 Å². The first kappa shape index (κ1) is 30.2. The predicted octanol–water partition coefficient (Wildman–Crippen LogP) is 2.46. The Hall–Kier alpha value is -2.81. The van der Waals surface area contributed by atoms with Crippen LogP contribution in [-0.2, 0) is 19.1 Å². The van der Waals surface area contributed by atoms with Crippen molar-refractivity contribution in [1.29, 1.82) is 0 Å². The normalized spacial score (nSPS) is 18.9. The lowest BCUT2D eigenvalue weighted by molar-refractivity contribution is -0.156. The Bertz CT molecular complexity index is 925. The van der Waals surface area contributed by atoms with Crippen LogP contribution in [0.4, 0.5) is 0 Å². The number of allylic oxidation sites excluding steroid dienone is 8. The number of aliphatic hydroxyl groups is 3. The Morgan fingerprint density at radius 3 is 2.29 bits per heavy atom. The van der Waals surface area contributed by atoms with Gasteiger partial charge in [-0.15, -0.1) is 0 Å². The van der Waals surface area contributed by atoms with Crippen molar-refractivity contribution < 1.29 is 34.4 Å². The second-order valence-electron chi connectivity index (χ2n) is 9.72. The number of ketones is 1. The zero-order valence-corrected chi connectivity index (χ0v) is 21.4. The lowest BCUT2D eigenvalue weighted by atomic mass is 9.71. The molecule has 0 saturated carbocycles. The number of carbonyl (C=O) groups is 3. The van der Waals surface area contributed by atoms with E-state index < -0.39 is 48.8 Å². The third-order valence-electron chi connectivity index (χ3n) is 5.89. The molecular weight excluding hydrogens is 450 g/mol. The van der Waals surface area contributed by atoms with Gasteiger partial charge in [0.15, 0.2) is 11.9 Å². The van der Waals surface area contributed by atoms with Gasteiger partial charge in [-0.05, 0) is 37.3 Å². The molecule has 1 rings (SSSR count). The van der Waals surface area contributed by atoms with E-state index in [4.69, 9.17) is 4.74 Å². The first-order valence-corrected chi connectivity index (χ1v) is 11.6. The molecule has 1 atom stereocenters. The molecule has 1 aliphatic carbocycles. The highest BCUT2D eigenvalue weighted by Gasteiger charge is 2.40. The molecule has 0 saturated heterocycles. The fraction of sp³-hybridized carbons (Fsp3) is 0.519. The summed E-state index contributed by atoms with van der Waals surface area (Å²) in [6, 6.07) is 0. The first-order chi connectivity index (χ1) is 16.3. The van der Waals surface area contributed by atoms with Gasteiger partial charge in [0.05, 0.1) is 26.2 Å². The Morgan fingerprint density at radius 1 is 1.14 bits per heavy atom. The van der Waals surface area contributed by atoms with Crippen molar-refractivity contribution in [3.05, 3.63) is 59.3 Å². The second kappa shape index (κ2) is 13.3. The molecule has 0 aromatic carbocycles. The second-order valence-corrected chi connectivity index (χ2v) is 9.72. The van der Waals surface area contributed by atoms with Gasteiger partial charge in [-0.2, -0.15) is 0 Å². The maximum Gasteiger partial charge on any atom is 0.307 e. The molecule has 0 heterocycles. The topological polar surface area (TPSA) is 133 Å². The largest absolute Gasteiger partial charge is 0.454 e. The molecular formula is C27H39NO7. The van der Waals surface area contributed by atoms with Crippen LogP contribution in [-0.4, -0.2) is 64.4 Å². The minimum absolute atomic E-state index is 0.273. The van der Waals surface area contributed by atoms with Crippen LogP contribution < -0.4 is 5.32 Å².